The number of hydrogen-bond acceptors (Lipinski definition) is 3. The summed E-state index contributed by atoms with van der Waals surface area (Å²) in [5, 5.41) is 9.16. The molecular formula is C14H14ClN3. The summed E-state index contributed by atoms with van der Waals surface area (Å²) in [5.41, 5.74) is 2.67. The molecule has 0 aliphatic rings. The van der Waals surface area contributed by atoms with Gasteiger partial charge in [0.25, 0.3) is 0 Å². The van der Waals surface area contributed by atoms with Crippen molar-refractivity contribution in [1.29, 1.82) is 0 Å². The SMILES string of the molecule is CN(C)c1ccccc1N=Nc1ccc(Cl)cc1. The Kier molecular flexibility index (Phi) is 3.95. The van der Waals surface area contributed by atoms with Gasteiger partial charge in [-0.2, -0.15) is 5.11 Å². The number of hydrogen-bond donors (Lipinski definition) is 0. The van der Waals surface area contributed by atoms with Crippen LogP contribution in [0.25, 0.3) is 0 Å². The molecule has 0 fully saturated rings. The molecule has 0 radical (unpaired) electrons. The number of azo groups is 1. The zero-order valence-corrected chi connectivity index (χ0v) is 11.1. The summed E-state index contributed by atoms with van der Waals surface area (Å²) < 4.78 is 0. The quantitative estimate of drug-likeness (QED) is 0.726. The van der Waals surface area contributed by atoms with Crippen molar-refractivity contribution in [2.45, 2.75) is 0 Å². The van der Waals surface area contributed by atoms with Crippen LogP contribution in [-0.4, -0.2) is 14.1 Å². The summed E-state index contributed by atoms with van der Waals surface area (Å²) in [6.07, 6.45) is 0. The molecule has 0 aliphatic carbocycles. The Morgan fingerprint density at radius 3 is 2.22 bits per heavy atom. The third kappa shape index (κ3) is 3.08. The molecule has 18 heavy (non-hydrogen) atoms. The van der Waals surface area contributed by atoms with Gasteiger partial charge in [0, 0.05) is 19.1 Å². The number of halogens is 1. The predicted octanol–water partition coefficient (Wildman–Crippen LogP) is 4.82. The minimum atomic E-state index is 0.697. The van der Waals surface area contributed by atoms with Crippen molar-refractivity contribution in [3.63, 3.8) is 0 Å². The lowest BCUT2D eigenvalue weighted by molar-refractivity contribution is 1.11. The second kappa shape index (κ2) is 5.65. The van der Waals surface area contributed by atoms with Crippen molar-refractivity contribution in [2.75, 3.05) is 19.0 Å². The van der Waals surface area contributed by atoms with Gasteiger partial charge in [0.05, 0.1) is 11.4 Å². The first-order chi connectivity index (χ1) is 8.66. The first-order valence-electron chi connectivity index (χ1n) is 5.60. The smallest absolute Gasteiger partial charge is 0.109 e. The van der Waals surface area contributed by atoms with Crippen LogP contribution in [0.15, 0.2) is 58.8 Å². The fraction of sp³-hybridized carbons (Fsp3) is 0.143. The van der Waals surface area contributed by atoms with E-state index in [1.54, 1.807) is 12.1 Å². The first-order valence-corrected chi connectivity index (χ1v) is 5.98. The van der Waals surface area contributed by atoms with E-state index < -0.39 is 0 Å². The maximum atomic E-state index is 5.82. The summed E-state index contributed by atoms with van der Waals surface area (Å²) in [4.78, 5) is 2.01. The average Bonchev–Trinajstić information content (AvgIpc) is 2.38. The Morgan fingerprint density at radius 1 is 0.889 bits per heavy atom. The number of para-hydroxylation sites is 1. The molecule has 0 bridgehead atoms. The highest BCUT2D eigenvalue weighted by atomic mass is 35.5. The fourth-order valence-corrected chi connectivity index (χ4v) is 1.67. The predicted molar refractivity (Wildman–Crippen MR) is 76.4 cm³/mol. The third-order valence-corrected chi connectivity index (χ3v) is 2.72. The monoisotopic (exact) mass is 259 g/mol. The zero-order valence-electron chi connectivity index (χ0n) is 10.3. The zero-order chi connectivity index (χ0) is 13.0. The van der Waals surface area contributed by atoms with Crippen molar-refractivity contribution < 1.29 is 0 Å². The maximum absolute atomic E-state index is 5.82. The van der Waals surface area contributed by atoms with Gasteiger partial charge >= 0.3 is 0 Å². The van der Waals surface area contributed by atoms with E-state index in [0.29, 0.717) is 5.02 Å². The lowest BCUT2D eigenvalue weighted by Gasteiger charge is -2.13. The lowest BCUT2D eigenvalue weighted by Crippen LogP contribution is -2.08. The third-order valence-electron chi connectivity index (χ3n) is 2.46. The van der Waals surface area contributed by atoms with Crippen LogP contribution in [0.4, 0.5) is 17.1 Å². The van der Waals surface area contributed by atoms with Crippen LogP contribution in [0.3, 0.4) is 0 Å². The number of nitrogens with zero attached hydrogens (tertiary/aromatic N) is 3. The van der Waals surface area contributed by atoms with E-state index in [9.17, 15) is 0 Å². The van der Waals surface area contributed by atoms with Crippen LogP contribution < -0.4 is 4.90 Å². The number of anilines is 1. The van der Waals surface area contributed by atoms with Crippen LogP contribution in [-0.2, 0) is 0 Å². The van der Waals surface area contributed by atoms with Crippen LogP contribution in [0.2, 0.25) is 5.02 Å². The highest BCUT2D eigenvalue weighted by molar-refractivity contribution is 6.30. The van der Waals surface area contributed by atoms with Crippen LogP contribution in [0.1, 0.15) is 0 Å². The number of rotatable bonds is 3. The Morgan fingerprint density at radius 2 is 1.56 bits per heavy atom. The van der Waals surface area contributed by atoms with E-state index >= 15 is 0 Å². The highest BCUT2D eigenvalue weighted by Gasteiger charge is 2.01. The van der Waals surface area contributed by atoms with E-state index in [1.165, 1.54) is 0 Å². The van der Waals surface area contributed by atoms with Crippen LogP contribution in [0.5, 0.6) is 0 Å². The van der Waals surface area contributed by atoms with E-state index in [0.717, 1.165) is 17.1 Å². The largest absolute Gasteiger partial charge is 0.376 e. The minimum Gasteiger partial charge on any atom is -0.376 e. The molecule has 92 valence electrons. The molecular weight excluding hydrogens is 246 g/mol. The summed E-state index contributed by atoms with van der Waals surface area (Å²) >= 11 is 5.82. The molecule has 2 aromatic carbocycles. The van der Waals surface area contributed by atoms with Gasteiger partial charge in [0.1, 0.15) is 5.69 Å². The lowest BCUT2D eigenvalue weighted by atomic mass is 10.2. The maximum Gasteiger partial charge on any atom is 0.109 e. The van der Waals surface area contributed by atoms with Crippen LogP contribution >= 0.6 is 11.6 Å². The Bertz CT molecular complexity index is 547. The van der Waals surface area contributed by atoms with Crippen molar-refractivity contribution in [3.05, 3.63) is 53.6 Å². The van der Waals surface area contributed by atoms with E-state index in [4.69, 9.17) is 11.6 Å². The summed E-state index contributed by atoms with van der Waals surface area (Å²) in [6.45, 7) is 0. The molecule has 0 atom stereocenters. The van der Waals surface area contributed by atoms with Crippen molar-refractivity contribution in [3.8, 4) is 0 Å². The molecule has 0 aromatic heterocycles. The number of benzene rings is 2. The summed E-state index contributed by atoms with van der Waals surface area (Å²) in [7, 11) is 3.97. The van der Waals surface area contributed by atoms with Gasteiger partial charge < -0.3 is 4.90 Å². The molecule has 0 heterocycles. The molecule has 0 saturated carbocycles. The molecule has 0 saturated heterocycles. The topological polar surface area (TPSA) is 28.0 Å². The standard InChI is InChI=1S/C14H14ClN3/c1-18(2)14-6-4-3-5-13(14)17-16-12-9-7-11(15)8-10-12/h3-10H,1-2H3. The second-order valence-electron chi connectivity index (χ2n) is 4.06. The van der Waals surface area contributed by atoms with Gasteiger partial charge in [0.15, 0.2) is 0 Å². The molecule has 2 aromatic rings. The van der Waals surface area contributed by atoms with Gasteiger partial charge in [-0.15, -0.1) is 5.11 Å². The molecule has 0 amide bonds. The van der Waals surface area contributed by atoms with E-state index in [2.05, 4.69) is 10.2 Å². The molecule has 0 N–H and O–H groups in total. The van der Waals surface area contributed by atoms with Gasteiger partial charge in [-0.25, -0.2) is 0 Å². The minimum absolute atomic E-state index is 0.697. The Hall–Kier alpha value is -1.87. The van der Waals surface area contributed by atoms with Gasteiger partial charge in [0.2, 0.25) is 0 Å². The molecule has 4 heteroatoms. The summed E-state index contributed by atoms with van der Waals surface area (Å²) in [5.74, 6) is 0. The molecule has 3 nitrogen and oxygen atoms in total. The van der Waals surface area contributed by atoms with E-state index in [-0.39, 0.29) is 0 Å². The van der Waals surface area contributed by atoms with Crippen molar-refractivity contribution in [2.24, 2.45) is 10.2 Å². The first kappa shape index (κ1) is 12.6. The molecule has 0 aliphatic heterocycles. The molecule has 2 rings (SSSR count). The van der Waals surface area contributed by atoms with Crippen molar-refractivity contribution in [1.82, 2.24) is 0 Å². The Balaban J connectivity index is 2.26. The normalized spacial score (nSPS) is 10.8. The fourth-order valence-electron chi connectivity index (χ4n) is 1.55. The average molecular weight is 260 g/mol. The second-order valence-corrected chi connectivity index (χ2v) is 4.50. The van der Waals surface area contributed by atoms with Gasteiger partial charge in [-0.3, -0.25) is 0 Å². The molecule has 0 unspecified atom stereocenters. The van der Waals surface area contributed by atoms with Gasteiger partial charge in [-0.1, -0.05) is 23.7 Å². The summed E-state index contributed by atoms with van der Waals surface area (Å²) in [6, 6.07) is 15.2. The molecule has 0 spiro atoms. The van der Waals surface area contributed by atoms with Crippen LogP contribution in [0, 0.1) is 0 Å². The Labute approximate surface area is 112 Å². The van der Waals surface area contributed by atoms with Crippen molar-refractivity contribution >= 4 is 28.7 Å². The van der Waals surface area contributed by atoms with E-state index in [1.807, 2.05) is 55.4 Å². The van der Waals surface area contributed by atoms with Gasteiger partial charge in [-0.05, 0) is 36.4 Å². The highest BCUT2D eigenvalue weighted by Crippen LogP contribution is 2.28.